The first kappa shape index (κ1) is 21.6. The van der Waals surface area contributed by atoms with Gasteiger partial charge in [-0.15, -0.1) is 27.8 Å². The number of ether oxygens (including phenoxy) is 1. The maximum atomic E-state index is 12.6. The molecule has 162 valence electrons. The summed E-state index contributed by atoms with van der Waals surface area (Å²) in [6.45, 7) is 1.35. The fraction of sp³-hybridized carbons (Fsp3) is 0.136. The van der Waals surface area contributed by atoms with E-state index in [0.29, 0.717) is 17.2 Å². The fourth-order valence-corrected chi connectivity index (χ4v) is 4.38. The Morgan fingerprint density at radius 1 is 1.06 bits per heavy atom. The zero-order valence-corrected chi connectivity index (χ0v) is 18.6. The van der Waals surface area contributed by atoms with Gasteiger partial charge in [-0.3, -0.25) is 9.59 Å². The molecule has 4 aromatic rings. The van der Waals surface area contributed by atoms with Gasteiger partial charge in [0.25, 0.3) is 5.82 Å². The molecule has 1 amide bonds. The van der Waals surface area contributed by atoms with Crippen molar-refractivity contribution in [1.82, 2.24) is 20.1 Å². The van der Waals surface area contributed by atoms with Crippen molar-refractivity contribution in [3.05, 3.63) is 75.6 Å². The second kappa shape index (κ2) is 9.67. The Morgan fingerprint density at radius 3 is 2.59 bits per heavy atom. The summed E-state index contributed by atoms with van der Waals surface area (Å²) in [4.78, 5) is 42.5. The number of carbonyl (C=O) groups excluding carboxylic acids is 3. The maximum absolute atomic E-state index is 12.6. The summed E-state index contributed by atoms with van der Waals surface area (Å²) in [5, 5.41) is 8.91. The molecule has 0 aliphatic heterocycles. The molecular weight excluding hydrogens is 448 g/mol. The minimum absolute atomic E-state index is 0.123. The van der Waals surface area contributed by atoms with E-state index >= 15 is 0 Å². The van der Waals surface area contributed by atoms with Gasteiger partial charge >= 0.3 is 5.97 Å². The molecule has 0 aliphatic rings. The summed E-state index contributed by atoms with van der Waals surface area (Å²) in [5.74, 6) is -0.864. The quantitative estimate of drug-likeness (QED) is 0.313. The molecule has 0 radical (unpaired) electrons. The van der Waals surface area contributed by atoms with E-state index in [1.54, 1.807) is 16.8 Å². The van der Waals surface area contributed by atoms with E-state index in [4.69, 9.17) is 4.74 Å². The van der Waals surface area contributed by atoms with E-state index < -0.39 is 12.6 Å². The third-order valence-electron chi connectivity index (χ3n) is 4.31. The van der Waals surface area contributed by atoms with Crippen molar-refractivity contribution in [1.29, 1.82) is 0 Å². The summed E-state index contributed by atoms with van der Waals surface area (Å²) in [6, 6.07) is 16.5. The average Bonchev–Trinajstić information content (AvgIpc) is 3.56. The molecule has 0 saturated carbocycles. The Hall–Kier alpha value is -3.63. The summed E-state index contributed by atoms with van der Waals surface area (Å²) in [5.41, 5.74) is 0.754. The molecule has 0 fully saturated rings. The highest BCUT2D eigenvalue weighted by Gasteiger charge is 2.22. The standard InChI is InChI=1S/C22H18N4O4S2/c1-14(27)23-12-16-9-10-18(32-16)17(28)13-30-22(29)20-24-21(19-8-5-11-31-19)26(25-20)15-6-3-2-4-7-15/h2-11H,12-13H2,1H3,(H,23,27). The molecule has 0 saturated heterocycles. The smallest absolute Gasteiger partial charge is 0.378 e. The van der Waals surface area contributed by atoms with Crippen molar-refractivity contribution in [3.63, 3.8) is 0 Å². The number of para-hydroxylation sites is 1. The number of rotatable bonds is 8. The first-order chi connectivity index (χ1) is 15.5. The lowest BCUT2D eigenvalue weighted by Crippen LogP contribution is -2.18. The van der Waals surface area contributed by atoms with E-state index in [0.717, 1.165) is 15.4 Å². The van der Waals surface area contributed by atoms with E-state index in [9.17, 15) is 14.4 Å². The summed E-state index contributed by atoms with van der Waals surface area (Å²) < 4.78 is 6.77. The molecule has 1 aromatic carbocycles. The highest BCUT2D eigenvalue weighted by Crippen LogP contribution is 2.25. The number of aromatic nitrogens is 3. The minimum atomic E-state index is -0.777. The lowest BCUT2D eigenvalue weighted by Gasteiger charge is -2.03. The molecule has 0 unspecified atom stereocenters. The zero-order chi connectivity index (χ0) is 22.5. The van der Waals surface area contributed by atoms with Crippen molar-refractivity contribution < 1.29 is 19.1 Å². The number of Topliss-reactive ketones (excluding diaryl/α,β-unsaturated/α-hetero) is 1. The van der Waals surface area contributed by atoms with Crippen LogP contribution in [0.3, 0.4) is 0 Å². The van der Waals surface area contributed by atoms with Gasteiger partial charge in [0.05, 0.1) is 22.0 Å². The summed E-state index contributed by atoms with van der Waals surface area (Å²) in [7, 11) is 0. The van der Waals surface area contributed by atoms with Crippen LogP contribution in [0.25, 0.3) is 16.4 Å². The lowest BCUT2D eigenvalue weighted by molar-refractivity contribution is -0.119. The molecule has 10 heteroatoms. The molecule has 3 heterocycles. The van der Waals surface area contributed by atoms with E-state index in [1.165, 1.54) is 29.6 Å². The Bertz CT molecular complexity index is 1250. The minimum Gasteiger partial charge on any atom is -0.451 e. The first-order valence-electron chi connectivity index (χ1n) is 9.61. The van der Waals surface area contributed by atoms with Crippen LogP contribution in [0.2, 0.25) is 0 Å². The molecule has 0 spiro atoms. The second-order valence-electron chi connectivity index (χ2n) is 6.66. The SMILES string of the molecule is CC(=O)NCc1ccc(C(=O)COC(=O)c2nc(-c3cccs3)n(-c3ccccc3)n2)s1. The van der Waals surface area contributed by atoms with Crippen molar-refractivity contribution in [2.75, 3.05) is 6.61 Å². The predicted molar refractivity (Wildman–Crippen MR) is 121 cm³/mol. The van der Waals surface area contributed by atoms with Gasteiger partial charge in [-0.25, -0.2) is 9.48 Å². The van der Waals surface area contributed by atoms with Gasteiger partial charge in [0.1, 0.15) is 0 Å². The first-order valence-corrected chi connectivity index (χ1v) is 11.3. The van der Waals surface area contributed by atoms with Crippen LogP contribution in [-0.2, 0) is 16.1 Å². The van der Waals surface area contributed by atoms with Gasteiger partial charge in [-0.2, -0.15) is 4.98 Å². The number of esters is 1. The highest BCUT2D eigenvalue weighted by molar-refractivity contribution is 7.14. The van der Waals surface area contributed by atoms with Gasteiger partial charge in [-0.05, 0) is 35.7 Å². The van der Waals surface area contributed by atoms with Crippen LogP contribution in [0.1, 0.15) is 32.1 Å². The Morgan fingerprint density at radius 2 is 1.88 bits per heavy atom. The summed E-state index contributed by atoms with van der Waals surface area (Å²) >= 11 is 2.72. The van der Waals surface area contributed by atoms with Crippen molar-refractivity contribution in [3.8, 4) is 16.4 Å². The van der Waals surface area contributed by atoms with Gasteiger partial charge in [0.2, 0.25) is 11.7 Å². The van der Waals surface area contributed by atoms with Crippen LogP contribution in [-0.4, -0.2) is 39.0 Å². The molecule has 4 rings (SSSR count). The maximum Gasteiger partial charge on any atom is 0.378 e. The molecule has 8 nitrogen and oxygen atoms in total. The van der Waals surface area contributed by atoms with Crippen LogP contribution in [0.5, 0.6) is 0 Å². The predicted octanol–water partition coefficient (Wildman–Crippen LogP) is 3.73. The number of amides is 1. The Labute approximate surface area is 191 Å². The van der Waals surface area contributed by atoms with Crippen LogP contribution >= 0.6 is 22.7 Å². The largest absolute Gasteiger partial charge is 0.451 e. The zero-order valence-electron chi connectivity index (χ0n) is 17.0. The topological polar surface area (TPSA) is 103 Å². The van der Waals surface area contributed by atoms with Crippen molar-refractivity contribution in [2.24, 2.45) is 0 Å². The van der Waals surface area contributed by atoms with Gasteiger partial charge in [-0.1, -0.05) is 24.3 Å². The van der Waals surface area contributed by atoms with E-state index in [1.807, 2.05) is 47.8 Å². The Balaban J connectivity index is 1.47. The second-order valence-corrected chi connectivity index (χ2v) is 8.77. The fourth-order valence-electron chi connectivity index (χ4n) is 2.81. The molecule has 1 N–H and O–H groups in total. The van der Waals surface area contributed by atoms with Gasteiger partial charge in [0, 0.05) is 11.8 Å². The number of hydrogen-bond donors (Lipinski definition) is 1. The normalized spacial score (nSPS) is 10.7. The van der Waals surface area contributed by atoms with Crippen LogP contribution in [0.15, 0.2) is 60.0 Å². The third kappa shape index (κ3) is 4.98. The third-order valence-corrected chi connectivity index (χ3v) is 6.31. The molecule has 0 aliphatic carbocycles. The van der Waals surface area contributed by atoms with E-state index in [-0.39, 0.29) is 17.5 Å². The number of benzene rings is 1. The summed E-state index contributed by atoms with van der Waals surface area (Å²) in [6.07, 6.45) is 0. The molecule has 32 heavy (non-hydrogen) atoms. The number of carbonyl (C=O) groups is 3. The van der Waals surface area contributed by atoms with Crippen LogP contribution in [0.4, 0.5) is 0 Å². The van der Waals surface area contributed by atoms with Crippen molar-refractivity contribution in [2.45, 2.75) is 13.5 Å². The highest BCUT2D eigenvalue weighted by atomic mass is 32.1. The average molecular weight is 467 g/mol. The number of thiophene rings is 2. The monoisotopic (exact) mass is 466 g/mol. The molecule has 0 bridgehead atoms. The number of nitrogens with one attached hydrogen (secondary N) is 1. The van der Waals surface area contributed by atoms with Crippen LogP contribution < -0.4 is 5.32 Å². The van der Waals surface area contributed by atoms with Gasteiger partial charge in [0.15, 0.2) is 12.4 Å². The molecular formula is C22H18N4O4S2. The van der Waals surface area contributed by atoms with E-state index in [2.05, 4.69) is 15.4 Å². The molecule has 0 atom stereocenters. The number of ketones is 1. The van der Waals surface area contributed by atoms with Crippen LogP contribution in [0, 0.1) is 0 Å². The number of hydrogen-bond acceptors (Lipinski definition) is 8. The van der Waals surface area contributed by atoms with Crippen molar-refractivity contribution >= 4 is 40.3 Å². The Kier molecular flexibility index (Phi) is 6.52. The molecule has 3 aromatic heterocycles. The number of nitrogens with zero attached hydrogens (tertiary/aromatic N) is 3. The van der Waals surface area contributed by atoms with Gasteiger partial charge < -0.3 is 10.1 Å². The lowest BCUT2D eigenvalue weighted by atomic mass is 10.3.